The molecule has 0 aliphatic heterocycles. The Bertz CT molecular complexity index is 1130. The molecular weight excluding hydrogens is 415 g/mol. The van der Waals surface area contributed by atoms with Crippen LogP contribution in [0.4, 0.5) is 10.1 Å². The second-order valence-electron chi connectivity index (χ2n) is 5.61. The van der Waals surface area contributed by atoms with Crippen molar-refractivity contribution in [2.75, 3.05) is 5.32 Å². The summed E-state index contributed by atoms with van der Waals surface area (Å²) in [5, 5.41) is 3.38. The third kappa shape index (κ3) is 3.25. The average Bonchev–Trinajstić information content (AvgIpc) is 3.09. The minimum atomic E-state index is -0.471. The Balaban J connectivity index is 1.82. The SMILES string of the molecule is O=C(Nc1ccccc1F)c1cc(-c2ccc(Br)s2)nc2ccccc12. The number of hydrogen-bond donors (Lipinski definition) is 1. The molecule has 0 unspecified atom stereocenters. The first-order valence-electron chi connectivity index (χ1n) is 7.83. The second-order valence-corrected chi connectivity index (χ2v) is 8.07. The van der Waals surface area contributed by atoms with Gasteiger partial charge in [0.15, 0.2) is 0 Å². The van der Waals surface area contributed by atoms with Crippen LogP contribution in [0.3, 0.4) is 0 Å². The summed E-state index contributed by atoms with van der Waals surface area (Å²) in [6.07, 6.45) is 0. The summed E-state index contributed by atoms with van der Waals surface area (Å²) in [7, 11) is 0. The number of rotatable bonds is 3. The fraction of sp³-hybridized carbons (Fsp3) is 0. The van der Waals surface area contributed by atoms with Gasteiger partial charge in [0.25, 0.3) is 5.91 Å². The molecule has 128 valence electrons. The van der Waals surface area contributed by atoms with Crippen molar-refractivity contribution in [2.45, 2.75) is 0 Å². The van der Waals surface area contributed by atoms with E-state index in [0.717, 1.165) is 14.0 Å². The number of halogens is 2. The molecule has 0 fully saturated rings. The molecule has 3 nitrogen and oxygen atoms in total. The van der Waals surface area contributed by atoms with Crippen LogP contribution < -0.4 is 5.32 Å². The molecule has 2 aromatic carbocycles. The van der Waals surface area contributed by atoms with E-state index in [1.54, 1.807) is 18.2 Å². The van der Waals surface area contributed by atoms with E-state index in [2.05, 4.69) is 26.2 Å². The average molecular weight is 427 g/mol. The number of nitrogens with one attached hydrogen (secondary N) is 1. The molecule has 0 saturated heterocycles. The van der Waals surface area contributed by atoms with E-state index < -0.39 is 5.82 Å². The van der Waals surface area contributed by atoms with Crippen LogP contribution in [0.25, 0.3) is 21.5 Å². The van der Waals surface area contributed by atoms with Crippen LogP contribution in [0.5, 0.6) is 0 Å². The molecule has 1 N–H and O–H groups in total. The number of thiophene rings is 1. The predicted molar refractivity (Wildman–Crippen MR) is 107 cm³/mol. The van der Waals surface area contributed by atoms with E-state index in [-0.39, 0.29) is 11.6 Å². The van der Waals surface area contributed by atoms with Crippen molar-refractivity contribution in [1.29, 1.82) is 0 Å². The van der Waals surface area contributed by atoms with Gasteiger partial charge in [0.05, 0.1) is 31.1 Å². The van der Waals surface area contributed by atoms with Gasteiger partial charge in [-0.25, -0.2) is 9.37 Å². The molecule has 26 heavy (non-hydrogen) atoms. The summed E-state index contributed by atoms with van der Waals surface area (Å²) >= 11 is 4.99. The van der Waals surface area contributed by atoms with Crippen molar-refractivity contribution < 1.29 is 9.18 Å². The topological polar surface area (TPSA) is 42.0 Å². The Morgan fingerprint density at radius 3 is 2.58 bits per heavy atom. The maximum absolute atomic E-state index is 13.9. The number of carbonyl (C=O) groups is 1. The van der Waals surface area contributed by atoms with Gasteiger partial charge >= 0.3 is 0 Å². The quantitative estimate of drug-likeness (QED) is 0.428. The lowest BCUT2D eigenvalue weighted by Crippen LogP contribution is -2.14. The van der Waals surface area contributed by atoms with Gasteiger partial charge in [-0.1, -0.05) is 30.3 Å². The van der Waals surface area contributed by atoms with Crippen LogP contribution in [0, 0.1) is 5.82 Å². The summed E-state index contributed by atoms with van der Waals surface area (Å²) in [6, 6.07) is 19.2. The van der Waals surface area contributed by atoms with Crippen LogP contribution in [0.1, 0.15) is 10.4 Å². The first kappa shape index (κ1) is 16.9. The fourth-order valence-corrected chi connectivity index (χ4v) is 4.04. The summed E-state index contributed by atoms with van der Waals surface area (Å²) in [6.45, 7) is 0. The highest BCUT2D eigenvalue weighted by Crippen LogP contribution is 2.32. The number of nitrogens with zero attached hydrogens (tertiary/aromatic N) is 1. The van der Waals surface area contributed by atoms with E-state index >= 15 is 0 Å². The van der Waals surface area contributed by atoms with Crippen LogP contribution in [-0.4, -0.2) is 10.9 Å². The molecular formula is C20H12BrFN2OS. The molecule has 0 aliphatic carbocycles. The molecule has 0 spiro atoms. The summed E-state index contributed by atoms with van der Waals surface area (Å²) in [5.74, 6) is -0.841. The van der Waals surface area contributed by atoms with Gasteiger partial charge in [0.2, 0.25) is 0 Å². The highest BCUT2D eigenvalue weighted by Gasteiger charge is 2.16. The molecule has 0 radical (unpaired) electrons. The summed E-state index contributed by atoms with van der Waals surface area (Å²) in [4.78, 5) is 18.5. The lowest BCUT2D eigenvalue weighted by Gasteiger charge is -2.10. The molecule has 0 atom stereocenters. The maximum Gasteiger partial charge on any atom is 0.256 e. The minimum absolute atomic E-state index is 0.152. The van der Waals surface area contributed by atoms with Gasteiger partial charge < -0.3 is 5.32 Å². The zero-order valence-electron chi connectivity index (χ0n) is 13.4. The van der Waals surface area contributed by atoms with Gasteiger partial charge in [0.1, 0.15) is 5.82 Å². The van der Waals surface area contributed by atoms with Crippen LogP contribution in [0.15, 0.2) is 70.5 Å². The molecule has 6 heteroatoms. The largest absolute Gasteiger partial charge is 0.319 e. The highest BCUT2D eigenvalue weighted by molar-refractivity contribution is 9.11. The standard InChI is InChI=1S/C20H12BrFN2OS/c21-19-10-9-18(26-19)17-11-13(12-5-1-3-7-15(12)23-17)20(25)24-16-8-4-2-6-14(16)22/h1-11H,(H,24,25). The normalized spacial score (nSPS) is 10.8. The monoisotopic (exact) mass is 426 g/mol. The number of hydrogen-bond acceptors (Lipinski definition) is 3. The summed E-state index contributed by atoms with van der Waals surface area (Å²) < 4.78 is 14.9. The Hall–Kier alpha value is -2.57. The summed E-state index contributed by atoms with van der Waals surface area (Å²) in [5.41, 5.74) is 2.03. The zero-order chi connectivity index (χ0) is 18.1. The van der Waals surface area contributed by atoms with Gasteiger partial charge in [-0.3, -0.25) is 4.79 Å². The third-order valence-corrected chi connectivity index (χ3v) is 5.55. The van der Waals surface area contributed by atoms with E-state index in [1.807, 2.05) is 36.4 Å². The molecule has 2 aromatic heterocycles. The number of anilines is 1. The van der Waals surface area contributed by atoms with Crippen molar-refractivity contribution in [3.05, 3.63) is 81.9 Å². The Kier molecular flexibility index (Phi) is 4.53. The van der Waals surface area contributed by atoms with Crippen molar-refractivity contribution in [1.82, 2.24) is 4.98 Å². The molecule has 0 aliphatic rings. The number of aromatic nitrogens is 1. The van der Waals surface area contributed by atoms with Gasteiger partial charge in [-0.2, -0.15) is 0 Å². The maximum atomic E-state index is 13.9. The lowest BCUT2D eigenvalue weighted by atomic mass is 10.1. The third-order valence-electron chi connectivity index (χ3n) is 3.91. The lowest BCUT2D eigenvalue weighted by molar-refractivity contribution is 0.102. The van der Waals surface area contributed by atoms with Crippen LogP contribution in [-0.2, 0) is 0 Å². The van der Waals surface area contributed by atoms with Crippen molar-refractivity contribution >= 4 is 49.8 Å². The van der Waals surface area contributed by atoms with Crippen LogP contribution in [0.2, 0.25) is 0 Å². The number of amides is 1. The number of para-hydroxylation sites is 2. The minimum Gasteiger partial charge on any atom is -0.319 e. The molecule has 1 amide bonds. The van der Waals surface area contributed by atoms with E-state index in [4.69, 9.17) is 0 Å². The van der Waals surface area contributed by atoms with Crippen molar-refractivity contribution in [3.63, 3.8) is 0 Å². The fourth-order valence-electron chi connectivity index (χ4n) is 2.69. The van der Waals surface area contributed by atoms with E-state index in [9.17, 15) is 9.18 Å². The number of fused-ring (bicyclic) bond motifs is 1. The predicted octanol–water partition coefficient (Wildman–Crippen LogP) is 6.12. The molecule has 4 rings (SSSR count). The number of benzene rings is 2. The van der Waals surface area contributed by atoms with Crippen molar-refractivity contribution in [2.24, 2.45) is 0 Å². The molecule has 0 bridgehead atoms. The van der Waals surface area contributed by atoms with Gasteiger partial charge in [0, 0.05) is 5.39 Å². The number of carbonyl (C=O) groups excluding carboxylic acids is 1. The van der Waals surface area contributed by atoms with Crippen LogP contribution >= 0.6 is 27.3 Å². The van der Waals surface area contributed by atoms with E-state index in [1.165, 1.54) is 23.5 Å². The smallest absolute Gasteiger partial charge is 0.256 e. The van der Waals surface area contributed by atoms with Gasteiger partial charge in [-0.15, -0.1) is 11.3 Å². The van der Waals surface area contributed by atoms with Gasteiger partial charge in [-0.05, 0) is 52.3 Å². The number of pyridine rings is 1. The molecule has 0 saturated carbocycles. The second kappa shape index (κ2) is 6.97. The first-order valence-corrected chi connectivity index (χ1v) is 9.44. The molecule has 4 aromatic rings. The zero-order valence-corrected chi connectivity index (χ0v) is 15.8. The molecule has 2 heterocycles. The van der Waals surface area contributed by atoms with E-state index in [0.29, 0.717) is 16.8 Å². The Morgan fingerprint density at radius 1 is 1.04 bits per heavy atom. The highest BCUT2D eigenvalue weighted by atomic mass is 79.9. The Morgan fingerprint density at radius 2 is 1.81 bits per heavy atom. The van der Waals surface area contributed by atoms with Crippen molar-refractivity contribution in [3.8, 4) is 10.6 Å². The Labute approximate surface area is 161 Å². The first-order chi connectivity index (χ1) is 12.6.